The average Bonchev–Trinajstić information content (AvgIpc) is 3.07. The molecule has 0 aliphatic carbocycles. The average molecular weight is 352 g/mol. The minimum atomic E-state index is 0.146. The molecule has 1 aromatic carbocycles. The maximum absolute atomic E-state index is 6.01. The molecule has 3 heterocycles. The van der Waals surface area contributed by atoms with Gasteiger partial charge < -0.3 is 9.47 Å². The van der Waals surface area contributed by atoms with E-state index in [0.29, 0.717) is 0 Å². The van der Waals surface area contributed by atoms with E-state index in [1.807, 2.05) is 29.1 Å². The Morgan fingerprint density at radius 1 is 1.23 bits per heavy atom. The number of rotatable bonds is 5. The van der Waals surface area contributed by atoms with E-state index in [-0.39, 0.29) is 6.10 Å². The highest BCUT2D eigenvalue weighted by molar-refractivity contribution is 5.84. The van der Waals surface area contributed by atoms with Crippen LogP contribution in [-0.2, 0) is 17.8 Å². The van der Waals surface area contributed by atoms with Crippen molar-refractivity contribution < 1.29 is 9.47 Å². The Morgan fingerprint density at radius 3 is 3.04 bits per heavy atom. The van der Waals surface area contributed by atoms with Gasteiger partial charge in [-0.15, -0.1) is 0 Å². The summed E-state index contributed by atoms with van der Waals surface area (Å²) in [5, 5.41) is 5.40. The first kappa shape index (κ1) is 17.0. The Labute approximate surface area is 153 Å². The van der Waals surface area contributed by atoms with E-state index in [9.17, 15) is 0 Å². The molecule has 6 heteroatoms. The lowest BCUT2D eigenvalue weighted by atomic mass is 10.2. The van der Waals surface area contributed by atoms with E-state index < -0.39 is 0 Å². The molecule has 2 aromatic heterocycles. The van der Waals surface area contributed by atoms with Gasteiger partial charge in [-0.2, -0.15) is 5.10 Å². The van der Waals surface area contributed by atoms with E-state index in [0.717, 1.165) is 61.6 Å². The molecule has 0 amide bonds. The lowest BCUT2D eigenvalue weighted by Crippen LogP contribution is -2.34. The van der Waals surface area contributed by atoms with Gasteiger partial charge in [-0.3, -0.25) is 9.58 Å². The maximum Gasteiger partial charge on any atom is 0.145 e. The molecule has 1 fully saturated rings. The zero-order chi connectivity index (χ0) is 17.8. The molecule has 6 nitrogen and oxygen atoms in total. The summed E-state index contributed by atoms with van der Waals surface area (Å²) in [5.41, 5.74) is 1.98. The highest BCUT2D eigenvalue weighted by atomic mass is 16.5. The van der Waals surface area contributed by atoms with E-state index in [1.165, 1.54) is 0 Å². The highest BCUT2D eigenvalue weighted by Crippen LogP contribution is 2.24. The zero-order valence-corrected chi connectivity index (χ0v) is 15.0. The third kappa shape index (κ3) is 3.86. The summed E-state index contributed by atoms with van der Waals surface area (Å²) in [6, 6.07) is 12.2. The van der Waals surface area contributed by atoms with Crippen molar-refractivity contribution in [3.8, 4) is 5.75 Å². The second-order valence-corrected chi connectivity index (χ2v) is 6.64. The van der Waals surface area contributed by atoms with Crippen molar-refractivity contribution in [1.82, 2.24) is 19.7 Å². The van der Waals surface area contributed by atoms with E-state index in [2.05, 4.69) is 28.2 Å². The molecule has 0 bridgehead atoms. The smallest absolute Gasteiger partial charge is 0.145 e. The number of nitrogens with zero attached hydrogens (tertiary/aromatic N) is 4. The quantitative estimate of drug-likeness (QED) is 0.707. The molecule has 1 saturated heterocycles. The van der Waals surface area contributed by atoms with Crippen molar-refractivity contribution in [3.05, 3.63) is 54.5 Å². The second-order valence-electron chi connectivity index (χ2n) is 6.64. The van der Waals surface area contributed by atoms with Gasteiger partial charge in [-0.05, 0) is 24.6 Å². The summed E-state index contributed by atoms with van der Waals surface area (Å²) in [6.45, 7) is 4.28. The fourth-order valence-electron chi connectivity index (χ4n) is 3.48. The van der Waals surface area contributed by atoms with Crippen molar-refractivity contribution in [2.45, 2.75) is 25.6 Å². The van der Waals surface area contributed by atoms with Crippen molar-refractivity contribution >= 4 is 10.9 Å². The number of benzene rings is 1. The SMILES string of the molecule is COc1cccc2ccc(CN3CCCO[C@H](Cn4cccn4)C3)nc12. The zero-order valence-electron chi connectivity index (χ0n) is 15.0. The Hall–Kier alpha value is -2.44. The van der Waals surface area contributed by atoms with Crippen LogP contribution in [0.4, 0.5) is 0 Å². The van der Waals surface area contributed by atoms with Crippen LogP contribution in [0.2, 0.25) is 0 Å². The third-order valence-corrected chi connectivity index (χ3v) is 4.73. The summed E-state index contributed by atoms with van der Waals surface area (Å²) in [7, 11) is 1.69. The van der Waals surface area contributed by atoms with Gasteiger partial charge in [0.1, 0.15) is 11.3 Å². The van der Waals surface area contributed by atoms with Gasteiger partial charge in [-0.1, -0.05) is 18.2 Å². The lowest BCUT2D eigenvalue weighted by Gasteiger charge is -2.23. The van der Waals surface area contributed by atoms with Crippen LogP contribution >= 0.6 is 0 Å². The monoisotopic (exact) mass is 352 g/mol. The number of para-hydroxylation sites is 1. The Balaban J connectivity index is 1.49. The molecule has 0 radical (unpaired) electrons. The van der Waals surface area contributed by atoms with Crippen LogP contribution in [-0.4, -0.2) is 52.6 Å². The molecule has 0 N–H and O–H groups in total. The predicted octanol–water partition coefficient (Wildman–Crippen LogP) is 2.73. The highest BCUT2D eigenvalue weighted by Gasteiger charge is 2.20. The molecule has 1 aliphatic heterocycles. The molecule has 0 saturated carbocycles. The number of ether oxygens (including phenoxy) is 2. The standard InChI is InChI=1S/C20H24N4O2/c1-25-19-6-2-5-16-7-8-17(22-20(16)19)13-23-10-4-12-26-18(14-23)15-24-11-3-9-21-24/h2-3,5-9,11,18H,4,10,12-15H2,1H3/t18-/m0/s1. The first-order valence-electron chi connectivity index (χ1n) is 9.06. The fraction of sp³-hybridized carbons (Fsp3) is 0.400. The van der Waals surface area contributed by atoms with Gasteiger partial charge in [0.15, 0.2) is 0 Å². The molecule has 0 unspecified atom stereocenters. The molecule has 1 atom stereocenters. The van der Waals surface area contributed by atoms with Crippen LogP contribution in [0.5, 0.6) is 5.75 Å². The predicted molar refractivity (Wildman–Crippen MR) is 100 cm³/mol. The minimum Gasteiger partial charge on any atom is -0.494 e. The van der Waals surface area contributed by atoms with Crippen molar-refractivity contribution in [1.29, 1.82) is 0 Å². The number of aromatic nitrogens is 3. The van der Waals surface area contributed by atoms with Crippen LogP contribution in [0.3, 0.4) is 0 Å². The molecule has 0 spiro atoms. The van der Waals surface area contributed by atoms with Crippen LogP contribution in [0.15, 0.2) is 48.8 Å². The molecule has 1 aliphatic rings. The summed E-state index contributed by atoms with van der Waals surface area (Å²) < 4.78 is 13.4. The van der Waals surface area contributed by atoms with Crippen molar-refractivity contribution in [2.75, 3.05) is 26.8 Å². The molecule has 4 rings (SSSR count). The van der Waals surface area contributed by atoms with Gasteiger partial charge in [0, 0.05) is 44.0 Å². The van der Waals surface area contributed by atoms with E-state index in [4.69, 9.17) is 14.5 Å². The van der Waals surface area contributed by atoms with Crippen LogP contribution in [0, 0.1) is 0 Å². The molecule has 3 aromatic rings. The van der Waals surface area contributed by atoms with Crippen molar-refractivity contribution in [2.24, 2.45) is 0 Å². The number of fused-ring (bicyclic) bond motifs is 1. The number of pyridine rings is 1. The van der Waals surface area contributed by atoms with E-state index in [1.54, 1.807) is 13.3 Å². The third-order valence-electron chi connectivity index (χ3n) is 4.73. The lowest BCUT2D eigenvalue weighted by molar-refractivity contribution is 0.0390. The van der Waals surface area contributed by atoms with Gasteiger partial charge in [-0.25, -0.2) is 4.98 Å². The molecule has 136 valence electrons. The van der Waals surface area contributed by atoms with Gasteiger partial charge in [0.05, 0.1) is 25.5 Å². The normalized spacial score (nSPS) is 18.7. The topological polar surface area (TPSA) is 52.4 Å². The number of methoxy groups -OCH3 is 1. The summed E-state index contributed by atoms with van der Waals surface area (Å²) in [4.78, 5) is 7.27. The Bertz CT molecular complexity index is 850. The van der Waals surface area contributed by atoms with Gasteiger partial charge >= 0.3 is 0 Å². The summed E-state index contributed by atoms with van der Waals surface area (Å²) >= 11 is 0. The largest absolute Gasteiger partial charge is 0.494 e. The maximum atomic E-state index is 6.01. The minimum absolute atomic E-state index is 0.146. The van der Waals surface area contributed by atoms with Gasteiger partial charge in [0.2, 0.25) is 0 Å². The summed E-state index contributed by atoms with van der Waals surface area (Å²) in [6.07, 6.45) is 4.97. The fourth-order valence-corrected chi connectivity index (χ4v) is 3.48. The number of hydrogen-bond acceptors (Lipinski definition) is 5. The van der Waals surface area contributed by atoms with Crippen LogP contribution in [0.25, 0.3) is 10.9 Å². The van der Waals surface area contributed by atoms with Crippen molar-refractivity contribution in [3.63, 3.8) is 0 Å². The first-order valence-corrected chi connectivity index (χ1v) is 9.06. The molecular weight excluding hydrogens is 328 g/mol. The molecule has 26 heavy (non-hydrogen) atoms. The Morgan fingerprint density at radius 2 is 2.19 bits per heavy atom. The van der Waals surface area contributed by atoms with E-state index >= 15 is 0 Å². The van der Waals surface area contributed by atoms with Crippen LogP contribution < -0.4 is 4.74 Å². The summed E-state index contributed by atoms with van der Waals surface area (Å²) in [5.74, 6) is 0.820. The van der Waals surface area contributed by atoms with Gasteiger partial charge in [0.25, 0.3) is 0 Å². The first-order chi connectivity index (χ1) is 12.8. The molecular formula is C20H24N4O2. The van der Waals surface area contributed by atoms with Crippen LogP contribution in [0.1, 0.15) is 12.1 Å². The second kappa shape index (κ2) is 7.85. The Kier molecular flexibility index (Phi) is 5.13. The number of hydrogen-bond donors (Lipinski definition) is 0.